The normalized spacial score (nSPS) is 10.8. The Hall–Kier alpha value is -1.76. The zero-order chi connectivity index (χ0) is 15.9. The van der Waals surface area contributed by atoms with Crippen LogP contribution in [0.2, 0.25) is 0 Å². The molecule has 0 fully saturated rings. The molecule has 0 saturated heterocycles. The molecule has 0 aliphatic rings. The van der Waals surface area contributed by atoms with Gasteiger partial charge >= 0.3 is 0 Å². The molecule has 0 aliphatic heterocycles. The number of nitrogens with zero attached hydrogens (tertiary/aromatic N) is 1. The summed E-state index contributed by atoms with van der Waals surface area (Å²) in [5.74, 6) is 1.30. The summed E-state index contributed by atoms with van der Waals surface area (Å²) in [6.45, 7) is 4.68. The molecule has 0 heterocycles. The van der Waals surface area contributed by atoms with E-state index in [2.05, 4.69) is 35.4 Å². The Labute approximate surface area is 155 Å². The topological polar surface area (TPSA) is 59.6 Å². The van der Waals surface area contributed by atoms with Gasteiger partial charge in [-0.05, 0) is 48.2 Å². The van der Waals surface area contributed by atoms with Crippen molar-refractivity contribution >= 4 is 35.6 Å². The molecular weight excluding hydrogens is 401 g/mol. The lowest BCUT2D eigenvalue weighted by Crippen LogP contribution is -2.22. The van der Waals surface area contributed by atoms with Crippen molar-refractivity contribution in [2.45, 2.75) is 26.8 Å². The van der Waals surface area contributed by atoms with Gasteiger partial charge in [-0.3, -0.25) is 0 Å². The molecule has 0 bridgehead atoms. The van der Waals surface area contributed by atoms with Crippen molar-refractivity contribution in [1.29, 1.82) is 0 Å². The highest BCUT2D eigenvalue weighted by molar-refractivity contribution is 14.0. The highest BCUT2D eigenvalue weighted by Crippen LogP contribution is 2.19. The number of guanidine groups is 1. The van der Waals surface area contributed by atoms with Gasteiger partial charge in [-0.15, -0.1) is 24.0 Å². The molecule has 0 saturated carbocycles. The summed E-state index contributed by atoms with van der Waals surface area (Å²) in [5.41, 5.74) is 10.4. The molecule has 0 atom stereocenters. The van der Waals surface area contributed by atoms with Crippen molar-refractivity contribution in [2.75, 3.05) is 12.4 Å². The molecule has 0 unspecified atom stereocenters. The second-order valence-electron chi connectivity index (χ2n) is 5.18. The summed E-state index contributed by atoms with van der Waals surface area (Å²) in [4.78, 5) is 4.38. The lowest BCUT2D eigenvalue weighted by Gasteiger charge is -2.08. The van der Waals surface area contributed by atoms with Gasteiger partial charge in [0, 0.05) is 5.69 Å². The van der Waals surface area contributed by atoms with E-state index in [0.717, 1.165) is 29.0 Å². The summed E-state index contributed by atoms with van der Waals surface area (Å²) in [7, 11) is 1.67. The molecule has 5 heteroatoms. The first kappa shape index (κ1) is 19.3. The van der Waals surface area contributed by atoms with Gasteiger partial charge in [0.15, 0.2) is 5.96 Å². The quantitative estimate of drug-likeness (QED) is 0.431. The summed E-state index contributed by atoms with van der Waals surface area (Å²) < 4.78 is 5.25. The van der Waals surface area contributed by atoms with E-state index in [9.17, 15) is 0 Å². The summed E-state index contributed by atoms with van der Waals surface area (Å²) in [6.07, 6.45) is 0.998. The van der Waals surface area contributed by atoms with E-state index in [1.54, 1.807) is 7.11 Å². The molecule has 2 aromatic rings. The molecular formula is C18H24IN3O. The first-order valence-corrected chi connectivity index (χ1v) is 7.41. The molecule has 0 aliphatic carbocycles. The first-order chi connectivity index (χ1) is 10.6. The molecule has 0 amide bonds. The molecule has 124 valence electrons. The first-order valence-electron chi connectivity index (χ1n) is 7.41. The largest absolute Gasteiger partial charge is 0.496 e. The number of hydrogen-bond acceptors (Lipinski definition) is 2. The fourth-order valence-electron chi connectivity index (χ4n) is 2.27. The van der Waals surface area contributed by atoms with Gasteiger partial charge in [0.1, 0.15) is 5.75 Å². The second-order valence-corrected chi connectivity index (χ2v) is 5.18. The standard InChI is InChI=1S/C18H23N3O.HI/c1-4-14-6-5-7-16(11-14)21-18(19)20-12-15-8-9-17(22-3)13(2)10-15;/h5-11H,4,12H2,1-3H3,(H3,19,20,21);1H. The fraction of sp³-hybridized carbons (Fsp3) is 0.278. The number of methoxy groups -OCH3 is 1. The predicted molar refractivity (Wildman–Crippen MR) is 108 cm³/mol. The second kappa shape index (κ2) is 9.39. The van der Waals surface area contributed by atoms with Gasteiger partial charge in [-0.2, -0.15) is 0 Å². The number of aliphatic imine (C=N–C) groups is 1. The van der Waals surface area contributed by atoms with Crippen LogP contribution in [0, 0.1) is 6.92 Å². The van der Waals surface area contributed by atoms with Gasteiger partial charge in [0.05, 0.1) is 13.7 Å². The average molecular weight is 425 g/mol. The number of hydrogen-bond donors (Lipinski definition) is 2. The monoisotopic (exact) mass is 425 g/mol. The van der Waals surface area contributed by atoms with Crippen molar-refractivity contribution in [3.05, 3.63) is 59.2 Å². The Balaban J connectivity index is 0.00000264. The van der Waals surface area contributed by atoms with Crippen molar-refractivity contribution in [3.8, 4) is 5.75 Å². The van der Waals surface area contributed by atoms with Crippen LogP contribution in [-0.2, 0) is 13.0 Å². The number of benzene rings is 2. The molecule has 0 aromatic heterocycles. The number of halogens is 1. The maximum Gasteiger partial charge on any atom is 0.193 e. The highest BCUT2D eigenvalue weighted by atomic mass is 127. The van der Waals surface area contributed by atoms with Crippen molar-refractivity contribution in [3.63, 3.8) is 0 Å². The molecule has 0 radical (unpaired) electrons. The van der Waals surface area contributed by atoms with Gasteiger partial charge in [-0.25, -0.2) is 4.99 Å². The van der Waals surface area contributed by atoms with Crippen LogP contribution in [-0.4, -0.2) is 13.1 Å². The lowest BCUT2D eigenvalue weighted by atomic mass is 10.1. The third-order valence-corrected chi connectivity index (χ3v) is 3.50. The van der Waals surface area contributed by atoms with Gasteiger partial charge < -0.3 is 15.8 Å². The number of aryl methyl sites for hydroxylation is 2. The Morgan fingerprint density at radius 2 is 1.96 bits per heavy atom. The number of rotatable bonds is 5. The maximum absolute atomic E-state index is 5.95. The third kappa shape index (κ3) is 5.74. The van der Waals surface area contributed by atoms with E-state index < -0.39 is 0 Å². The zero-order valence-electron chi connectivity index (χ0n) is 13.8. The van der Waals surface area contributed by atoms with Crippen molar-refractivity contribution < 1.29 is 4.74 Å². The van der Waals surface area contributed by atoms with Gasteiger partial charge in [0.2, 0.25) is 0 Å². The minimum Gasteiger partial charge on any atom is -0.496 e. The average Bonchev–Trinajstić information content (AvgIpc) is 2.53. The van der Waals surface area contributed by atoms with Crippen molar-refractivity contribution in [2.24, 2.45) is 10.7 Å². The highest BCUT2D eigenvalue weighted by Gasteiger charge is 2.00. The van der Waals surface area contributed by atoms with Gasteiger partial charge in [0.25, 0.3) is 0 Å². The third-order valence-electron chi connectivity index (χ3n) is 3.50. The van der Waals surface area contributed by atoms with Crippen LogP contribution >= 0.6 is 24.0 Å². The SMILES string of the molecule is CCc1cccc(NC(N)=NCc2ccc(OC)c(C)c2)c1.I. The van der Waals surface area contributed by atoms with Crippen LogP contribution in [0.15, 0.2) is 47.5 Å². The Morgan fingerprint density at radius 1 is 1.17 bits per heavy atom. The summed E-state index contributed by atoms with van der Waals surface area (Å²) in [5, 5.41) is 3.13. The van der Waals surface area contributed by atoms with Crippen molar-refractivity contribution in [1.82, 2.24) is 0 Å². The van der Waals surface area contributed by atoms with E-state index in [4.69, 9.17) is 10.5 Å². The van der Waals surface area contributed by atoms with E-state index in [1.807, 2.05) is 31.2 Å². The van der Waals surface area contributed by atoms with Crippen LogP contribution < -0.4 is 15.8 Å². The number of ether oxygens (including phenoxy) is 1. The van der Waals surface area contributed by atoms with Gasteiger partial charge in [-0.1, -0.05) is 31.2 Å². The van der Waals surface area contributed by atoms with E-state index >= 15 is 0 Å². The molecule has 4 nitrogen and oxygen atoms in total. The van der Waals surface area contributed by atoms with E-state index in [-0.39, 0.29) is 24.0 Å². The predicted octanol–water partition coefficient (Wildman–Crippen LogP) is 4.11. The number of nitrogens with one attached hydrogen (secondary N) is 1. The maximum atomic E-state index is 5.95. The Morgan fingerprint density at radius 3 is 2.61 bits per heavy atom. The summed E-state index contributed by atoms with van der Waals surface area (Å²) >= 11 is 0. The minimum atomic E-state index is 0. The van der Waals surface area contributed by atoms with E-state index in [0.29, 0.717) is 12.5 Å². The summed E-state index contributed by atoms with van der Waals surface area (Å²) in [6, 6.07) is 14.2. The van der Waals surface area contributed by atoms with Crippen LogP contribution in [0.25, 0.3) is 0 Å². The lowest BCUT2D eigenvalue weighted by molar-refractivity contribution is 0.411. The minimum absolute atomic E-state index is 0. The molecule has 0 spiro atoms. The Kier molecular flexibility index (Phi) is 7.88. The molecule has 3 N–H and O–H groups in total. The van der Waals surface area contributed by atoms with Crippen LogP contribution in [0.4, 0.5) is 5.69 Å². The fourth-order valence-corrected chi connectivity index (χ4v) is 2.27. The molecule has 2 aromatic carbocycles. The van der Waals surface area contributed by atoms with Crippen LogP contribution in [0.5, 0.6) is 5.75 Å². The zero-order valence-corrected chi connectivity index (χ0v) is 16.1. The smallest absolute Gasteiger partial charge is 0.193 e. The van der Waals surface area contributed by atoms with Crippen LogP contribution in [0.3, 0.4) is 0 Å². The number of nitrogens with two attached hydrogens (primary N) is 1. The molecule has 23 heavy (non-hydrogen) atoms. The van der Waals surface area contributed by atoms with Crippen LogP contribution in [0.1, 0.15) is 23.6 Å². The Bertz CT molecular complexity index is 671. The van der Waals surface area contributed by atoms with E-state index in [1.165, 1.54) is 5.56 Å². The molecule has 2 rings (SSSR count). The number of anilines is 1.